The summed E-state index contributed by atoms with van der Waals surface area (Å²) in [5.41, 5.74) is -0.823. The lowest BCUT2D eigenvalue weighted by Gasteiger charge is -2.35. The van der Waals surface area contributed by atoms with Gasteiger partial charge in [0.2, 0.25) is 17.7 Å². The molecule has 3 heterocycles. The monoisotopic (exact) mass is 513 g/mol. The molecule has 0 unspecified atom stereocenters. The molecular weight excluding hydrogens is 474 g/mol. The van der Waals surface area contributed by atoms with Crippen LogP contribution in [0.15, 0.2) is 12.2 Å². The lowest BCUT2D eigenvalue weighted by atomic mass is 9.81. The van der Waals surface area contributed by atoms with Crippen molar-refractivity contribution in [3.8, 4) is 6.07 Å². The molecule has 1 saturated carbocycles. The van der Waals surface area contributed by atoms with E-state index in [0.717, 1.165) is 6.42 Å². The van der Waals surface area contributed by atoms with E-state index in [1.807, 2.05) is 12.2 Å². The zero-order valence-electron chi connectivity index (χ0n) is 22.4. The molecule has 4 rings (SSSR count). The molecule has 37 heavy (non-hydrogen) atoms. The van der Waals surface area contributed by atoms with Gasteiger partial charge in [-0.15, -0.1) is 0 Å². The summed E-state index contributed by atoms with van der Waals surface area (Å²) in [5, 5.41) is 18.3. The van der Waals surface area contributed by atoms with E-state index in [1.165, 1.54) is 0 Å². The summed E-state index contributed by atoms with van der Waals surface area (Å²) in [5.74, 6) is -1.19. The molecule has 0 spiro atoms. The molecule has 10 nitrogen and oxygen atoms in total. The molecule has 7 atom stereocenters. The van der Waals surface area contributed by atoms with Crippen molar-refractivity contribution in [1.82, 2.24) is 20.9 Å². The highest BCUT2D eigenvalue weighted by molar-refractivity contribution is 5.93. The second-order valence-corrected chi connectivity index (χ2v) is 12.4. The van der Waals surface area contributed by atoms with Gasteiger partial charge in [-0.1, -0.05) is 26.0 Å². The molecule has 3 aliphatic heterocycles. The van der Waals surface area contributed by atoms with Crippen LogP contribution in [0.5, 0.6) is 0 Å². The molecular formula is C27H39N5O5. The third kappa shape index (κ3) is 5.60. The first kappa shape index (κ1) is 27.0. The molecule has 3 fully saturated rings. The van der Waals surface area contributed by atoms with Crippen LogP contribution in [0.3, 0.4) is 0 Å². The number of fused-ring (bicyclic) bond motifs is 4. The van der Waals surface area contributed by atoms with Gasteiger partial charge >= 0.3 is 6.09 Å². The van der Waals surface area contributed by atoms with Gasteiger partial charge in [0.1, 0.15) is 23.7 Å². The van der Waals surface area contributed by atoms with Gasteiger partial charge in [-0.3, -0.25) is 14.4 Å². The number of piperidine rings is 2. The van der Waals surface area contributed by atoms with E-state index in [4.69, 9.17) is 4.74 Å². The number of alkyl carbamates (subject to hydrolysis) is 1. The fourth-order valence-corrected chi connectivity index (χ4v) is 6.31. The van der Waals surface area contributed by atoms with E-state index in [2.05, 4.69) is 35.9 Å². The molecule has 0 aromatic heterocycles. The summed E-state index contributed by atoms with van der Waals surface area (Å²) in [6.07, 6.45) is 5.01. The average Bonchev–Trinajstić information content (AvgIpc) is 3.14. The number of nitriles is 1. The van der Waals surface area contributed by atoms with Crippen molar-refractivity contribution in [2.24, 2.45) is 29.1 Å². The second-order valence-electron chi connectivity index (χ2n) is 12.4. The van der Waals surface area contributed by atoms with Gasteiger partial charge in [-0.05, 0) is 69.6 Å². The van der Waals surface area contributed by atoms with Crippen molar-refractivity contribution in [3.05, 3.63) is 12.2 Å². The number of nitrogens with one attached hydrogen (secondary N) is 3. The van der Waals surface area contributed by atoms with Crippen LogP contribution in [0, 0.1) is 40.4 Å². The van der Waals surface area contributed by atoms with Crippen LogP contribution in [-0.4, -0.2) is 65.5 Å². The van der Waals surface area contributed by atoms with Crippen LogP contribution in [0.4, 0.5) is 4.79 Å². The normalized spacial score (nSPS) is 36.4. The molecule has 0 bridgehead atoms. The second kappa shape index (κ2) is 9.99. The molecule has 4 amide bonds. The van der Waals surface area contributed by atoms with Crippen LogP contribution >= 0.6 is 0 Å². The van der Waals surface area contributed by atoms with Gasteiger partial charge in [-0.2, -0.15) is 5.26 Å². The van der Waals surface area contributed by atoms with E-state index in [0.29, 0.717) is 25.9 Å². The predicted octanol–water partition coefficient (Wildman–Crippen LogP) is 1.86. The van der Waals surface area contributed by atoms with Crippen molar-refractivity contribution in [2.45, 2.75) is 84.0 Å². The number of ether oxygens (including phenoxy) is 1. The summed E-state index contributed by atoms with van der Waals surface area (Å²) >= 11 is 0. The highest BCUT2D eigenvalue weighted by Gasteiger charge is 2.69. The van der Waals surface area contributed by atoms with E-state index in [9.17, 15) is 24.4 Å². The summed E-state index contributed by atoms with van der Waals surface area (Å²) in [6, 6.07) is -0.302. The minimum Gasteiger partial charge on any atom is -0.444 e. The Bertz CT molecular complexity index is 1030. The number of rotatable bonds is 1. The summed E-state index contributed by atoms with van der Waals surface area (Å²) in [6.45, 7) is 10.4. The van der Waals surface area contributed by atoms with Crippen LogP contribution in [0.2, 0.25) is 0 Å². The Kier molecular flexibility index (Phi) is 7.28. The first-order chi connectivity index (χ1) is 17.3. The molecule has 0 radical (unpaired) electrons. The number of amides is 4. The Morgan fingerprint density at radius 3 is 2.62 bits per heavy atom. The van der Waals surface area contributed by atoms with Crippen molar-refractivity contribution in [2.75, 3.05) is 13.1 Å². The van der Waals surface area contributed by atoms with Gasteiger partial charge < -0.3 is 25.6 Å². The van der Waals surface area contributed by atoms with Crippen molar-refractivity contribution < 1.29 is 23.9 Å². The molecule has 202 valence electrons. The number of hydrogen-bond acceptors (Lipinski definition) is 6. The first-order valence-corrected chi connectivity index (χ1v) is 13.3. The van der Waals surface area contributed by atoms with Crippen LogP contribution < -0.4 is 16.0 Å². The van der Waals surface area contributed by atoms with Gasteiger partial charge in [0.15, 0.2) is 0 Å². The summed E-state index contributed by atoms with van der Waals surface area (Å²) in [7, 11) is 0. The van der Waals surface area contributed by atoms with E-state index < -0.39 is 35.7 Å². The number of allylic oxidation sites excluding steroid dienone is 2. The Labute approximate surface area is 218 Å². The summed E-state index contributed by atoms with van der Waals surface area (Å²) < 4.78 is 5.41. The van der Waals surface area contributed by atoms with Gasteiger partial charge in [0.05, 0.1) is 6.07 Å². The number of carbonyl (C=O) groups excluding carboxylic acids is 4. The van der Waals surface area contributed by atoms with E-state index >= 15 is 0 Å². The lowest BCUT2D eigenvalue weighted by Crippen LogP contribution is -2.57. The van der Waals surface area contributed by atoms with Crippen molar-refractivity contribution in [1.29, 1.82) is 5.26 Å². The Balaban J connectivity index is 1.64. The molecule has 1 aliphatic carbocycles. The Morgan fingerprint density at radius 2 is 1.95 bits per heavy atom. The Hall–Kier alpha value is -3.09. The van der Waals surface area contributed by atoms with E-state index in [-0.39, 0.29) is 47.3 Å². The van der Waals surface area contributed by atoms with Crippen LogP contribution in [-0.2, 0) is 19.1 Å². The average molecular weight is 514 g/mol. The quantitative estimate of drug-likeness (QED) is 0.457. The van der Waals surface area contributed by atoms with Crippen LogP contribution in [0.25, 0.3) is 0 Å². The SMILES string of the molecule is CC(C)(C)OC(=O)N[C@H]1CC/C=C\[C@H]2CCNC(=O)[C@H]2C[C@@H](C#N)NC(=O)[C@@H]2[C@@H]3[C@H](CN2C1=O)C3(C)C. The third-order valence-corrected chi connectivity index (χ3v) is 8.35. The van der Waals surface area contributed by atoms with E-state index in [1.54, 1.807) is 25.7 Å². The van der Waals surface area contributed by atoms with Crippen molar-refractivity contribution in [3.63, 3.8) is 0 Å². The van der Waals surface area contributed by atoms with Crippen LogP contribution in [0.1, 0.15) is 60.3 Å². The maximum absolute atomic E-state index is 13.8. The maximum atomic E-state index is 13.8. The lowest BCUT2D eigenvalue weighted by molar-refractivity contribution is -0.142. The molecule has 3 N–H and O–H groups in total. The van der Waals surface area contributed by atoms with Crippen molar-refractivity contribution >= 4 is 23.8 Å². The molecule has 2 saturated heterocycles. The van der Waals surface area contributed by atoms with Gasteiger partial charge in [0.25, 0.3) is 0 Å². The Morgan fingerprint density at radius 1 is 1.22 bits per heavy atom. The van der Waals surface area contributed by atoms with Gasteiger partial charge in [-0.25, -0.2) is 4.79 Å². The summed E-state index contributed by atoms with van der Waals surface area (Å²) in [4.78, 5) is 54.2. The first-order valence-electron chi connectivity index (χ1n) is 13.3. The zero-order chi connectivity index (χ0) is 27.1. The maximum Gasteiger partial charge on any atom is 0.408 e. The standard InChI is InChI=1S/C27H39N5O5/c1-26(2,3)37-25(36)31-19-9-7-6-8-15-10-11-29-22(33)17(15)12-16(13-28)30-23(34)21-20-18(27(20,4)5)14-32(21)24(19)35/h6,8,15-21H,7,9-12,14H2,1-5H3,(H,29,33)(H,30,34)(H,31,36)/b8-6-/t15-,16-,17-,18-,19-,20-,21-/m0/s1. The predicted molar refractivity (Wildman–Crippen MR) is 135 cm³/mol. The molecule has 0 aromatic rings. The number of carbonyl (C=O) groups is 4. The number of nitrogens with zero attached hydrogens (tertiary/aromatic N) is 2. The number of hydrogen-bond donors (Lipinski definition) is 3. The highest BCUT2D eigenvalue weighted by atomic mass is 16.6. The van der Waals surface area contributed by atoms with Gasteiger partial charge in [0, 0.05) is 19.0 Å². The third-order valence-electron chi connectivity index (χ3n) is 8.35. The zero-order valence-corrected chi connectivity index (χ0v) is 22.4. The largest absolute Gasteiger partial charge is 0.444 e. The molecule has 0 aromatic carbocycles. The fraction of sp³-hybridized carbons (Fsp3) is 0.741. The topological polar surface area (TPSA) is 141 Å². The highest BCUT2D eigenvalue weighted by Crippen LogP contribution is 2.65. The molecule has 10 heteroatoms. The fourth-order valence-electron chi connectivity index (χ4n) is 6.31. The smallest absolute Gasteiger partial charge is 0.408 e. The minimum atomic E-state index is -0.865. The minimum absolute atomic E-state index is 0.0310. The molecule has 4 aliphatic rings.